The van der Waals surface area contributed by atoms with Gasteiger partial charge in [-0.05, 0) is 48.6 Å². The SMILES string of the molecule is CCC(CI)Oc1ccc(C(C)(C)C)cc1NC(=O)c1nnn(-c2cc(OC)ccc2OC)c1C. The van der Waals surface area contributed by atoms with Gasteiger partial charge in [-0.15, -0.1) is 5.10 Å². The Morgan fingerprint density at radius 3 is 2.43 bits per heavy atom. The van der Waals surface area contributed by atoms with Crippen molar-refractivity contribution in [2.75, 3.05) is 24.0 Å². The molecule has 0 radical (unpaired) electrons. The molecule has 0 fully saturated rings. The second-order valence-corrected chi connectivity index (χ2v) is 10.1. The number of nitrogens with one attached hydrogen (secondary N) is 1. The van der Waals surface area contributed by atoms with E-state index in [0.717, 1.165) is 16.4 Å². The number of nitrogens with zero attached hydrogens (tertiary/aromatic N) is 3. The Morgan fingerprint density at radius 1 is 1.11 bits per heavy atom. The molecule has 188 valence electrons. The fourth-order valence-corrected chi connectivity index (χ4v) is 4.31. The fraction of sp³-hybridized carbons (Fsp3) is 0.423. The molecule has 0 bridgehead atoms. The fourth-order valence-electron chi connectivity index (χ4n) is 3.51. The van der Waals surface area contributed by atoms with Gasteiger partial charge in [-0.2, -0.15) is 0 Å². The lowest BCUT2D eigenvalue weighted by molar-refractivity contribution is 0.102. The zero-order valence-corrected chi connectivity index (χ0v) is 23.5. The maximum absolute atomic E-state index is 13.4. The maximum Gasteiger partial charge on any atom is 0.278 e. The van der Waals surface area contributed by atoms with Crippen LogP contribution in [0.15, 0.2) is 36.4 Å². The molecule has 0 spiro atoms. The Balaban J connectivity index is 1.98. The first-order chi connectivity index (χ1) is 16.6. The standard InChI is InChI=1S/C26H33IN4O4/c1-8-18(15-27)35-22-11-9-17(26(3,4)5)13-20(22)28-25(32)24-16(2)31(30-29-24)21-14-19(33-6)10-12-23(21)34-7/h9-14,18H,8,15H2,1-7H3,(H,28,32). The highest BCUT2D eigenvalue weighted by Crippen LogP contribution is 2.33. The van der Waals surface area contributed by atoms with Crippen molar-refractivity contribution in [3.8, 4) is 22.9 Å². The smallest absolute Gasteiger partial charge is 0.278 e. The second kappa shape index (κ2) is 11.3. The third-order valence-corrected chi connectivity index (χ3v) is 6.72. The van der Waals surface area contributed by atoms with Gasteiger partial charge < -0.3 is 19.5 Å². The van der Waals surface area contributed by atoms with Crippen LogP contribution in [-0.2, 0) is 5.41 Å². The van der Waals surface area contributed by atoms with E-state index in [0.29, 0.717) is 34.3 Å². The maximum atomic E-state index is 13.4. The van der Waals surface area contributed by atoms with Gasteiger partial charge in [0.1, 0.15) is 29.0 Å². The van der Waals surface area contributed by atoms with E-state index < -0.39 is 0 Å². The predicted molar refractivity (Wildman–Crippen MR) is 146 cm³/mol. The van der Waals surface area contributed by atoms with Crippen molar-refractivity contribution in [3.63, 3.8) is 0 Å². The summed E-state index contributed by atoms with van der Waals surface area (Å²) >= 11 is 2.31. The molecule has 8 nitrogen and oxygen atoms in total. The van der Waals surface area contributed by atoms with Crippen LogP contribution in [0.1, 0.15) is 55.9 Å². The number of alkyl halides is 1. The van der Waals surface area contributed by atoms with Crippen LogP contribution in [0.25, 0.3) is 5.69 Å². The molecule has 9 heteroatoms. The molecule has 3 aromatic rings. The van der Waals surface area contributed by atoms with Gasteiger partial charge in [-0.25, -0.2) is 4.68 Å². The highest BCUT2D eigenvalue weighted by Gasteiger charge is 2.23. The zero-order valence-electron chi connectivity index (χ0n) is 21.3. The first kappa shape index (κ1) is 26.8. The van der Waals surface area contributed by atoms with Gasteiger partial charge in [0.25, 0.3) is 5.91 Å². The number of aromatic nitrogens is 3. The number of carbonyl (C=O) groups excluding carboxylic acids is 1. The minimum absolute atomic E-state index is 0.0508. The summed E-state index contributed by atoms with van der Waals surface area (Å²) in [6, 6.07) is 11.3. The molecule has 1 amide bonds. The first-order valence-electron chi connectivity index (χ1n) is 11.5. The quantitative estimate of drug-likeness (QED) is 0.252. The number of amides is 1. The first-order valence-corrected chi connectivity index (χ1v) is 13.0. The molecule has 1 heterocycles. The molecule has 1 N–H and O–H groups in total. The number of hydrogen-bond donors (Lipinski definition) is 1. The van der Waals surface area contributed by atoms with Gasteiger partial charge >= 0.3 is 0 Å². The van der Waals surface area contributed by atoms with E-state index in [4.69, 9.17) is 14.2 Å². The number of methoxy groups -OCH3 is 2. The molecule has 0 aliphatic carbocycles. The number of halogens is 1. The summed E-state index contributed by atoms with van der Waals surface area (Å²) in [6.45, 7) is 10.3. The van der Waals surface area contributed by atoms with Crippen molar-refractivity contribution < 1.29 is 19.0 Å². The average molecular weight is 592 g/mol. The van der Waals surface area contributed by atoms with Crippen LogP contribution in [0.5, 0.6) is 17.2 Å². The van der Waals surface area contributed by atoms with Crippen LogP contribution >= 0.6 is 22.6 Å². The van der Waals surface area contributed by atoms with Crippen LogP contribution in [0.4, 0.5) is 5.69 Å². The number of benzene rings is 2. The summed E-state index contributed by atoms with van der Waals surface area (Å²) < 4.78 is 19.4. The normalized spacial score (nSPS) is 12.2. The van der Waals surface area contributed by atoms with Crippen molar-refractivity contribution in [3.05, 3.63) is 53.3 Å². The number of hydrogen-bond acceptors (Lipinski definition) is 6. The number of rotatable bonds is 9. The van der Waals surface area contributed by atoms with E-state index in [2.05, 4.69) is 65.9 Å². The predicted octanol–water partition coefficient (Wildman–Crippen LogP) is 5.74. The van der Waals surface area contributed by atoms with Crippen LogP contribution in [0.2, 0.25) is 0 Å². The van der Waals surface area contributed by atoms with E-state index in [1.807, 2.05) is 18.2 Å². The van der Waals surface area contributed by atoms with Crippen LogP contribution in [-0.4, -0.2) is 45.7 Å². The summed E-state index contributed by atoms with van der Waals surface area (Å²) in [5.41, 5.74) is 3.02. The Labute approximate surface area is 220 Å². The Kier molecular flexibility index (Phi) is 8.63. The summed E-state index contributed by atoms with van der Waals surface area (Å²) in [4.78, 5) is 13.4. The number of anilines is 1. The zero-order chi connectivity index (χ0) is 25.8. The molecule has 0 aliphatic rings. The molecule has 2 aromatic carbocycles. The number of carbonyl (C=O) groups is 1. The Bertz CT molecular complexity index is 1180. The Hall–Kier alpha value is -2.82. The molecule has 3 rings (SSSR count). The molecular weight excluding hydrogens is 559 g/mol. The summed E-state index contributed by atoms with van der Waals surface area (Å²) in [5.74, 6) is 1.50. The molecule has 35 heavy (non-hydrogen) atoms. The van der Waals surface area contributed by atoms with Crippen molar-refractivity contribution in [2.45, 2.75) is 52.6 Å². The highest BCUT2D eigenvalue weighted by atomic mass is 127. The highest BCUT2D eigenvalue weighted by molar-refractivity contribution is 14.1. The third-order valence-electron chi connectivity index (χ3n) is 5.74. The third kappa shape index (κ3) is 6.06. The Morgan fingerprint density at radius 2 is 1.83 bits per heavy atom. The molecule has 1 atom stereocenters. The largest absolute Gasteiger partial charge is 0.497 e. The molecule has 0 saturated carbocycles. The molecule has 1 aromatic heterocycles. The summed E-state index contributed by atoms with van der Waals surface area (Å²) in [7, 11) is 3.17. The summed E-state index contributed by atoms with van der Waals surface area (Å²) in [5, 5.41) is 11.4. The van der Waals surface area contributed by atoms with E-state index in [1.165, 1.54) is 0 Å². The monoisotopic (exact) mass is 592 g/mol. The van der Waals surface area contributed by atoms with Crippen molar-refractivity contribution in [2.24, 2.45) is 0 Å². The minimum Gasteiger partial charge on any atom is -0.497 e. The van der Waals surface area contributed by atoms with Gasteiger partial charge in [0.15, 0.2) is 5.69 Å². The molecule has 0 aliphatic heterocycles. The van der Waals surface area contributed by atoms with E-state index in [-0.39, 0.29) is 23.1 Å². The summed E-state index contributed by atoms with van der Waals surface area (Å²) in [6.07, 6.45) is 0.919. The second-order valence-electron chi connectivity index (χ2n) is 9.19. The minimum atomic E-state index is -0.367. The van der Waals surface area contributed by atoms with Gasteiger partial charge in [-0.3, -0.25) is 4.79 Å². The average Bonchev–Trinajstić information content (AvgIpc) is 3.23. The number of ether oxygens (including phenoxy) is 3. The molecule has 0 saturated heterocycles. The van der Waals surface area contributed by atoms with E-state index in [1.54, 1.807) is 44.0 Å². The van der Waals surface area contributed by atoms with Crippen molar-refractivity contribution in [1.29, 1.82) is 0 Å². The van der Waals surface area contributed by atoms with Crippen molar-refractivity contribution >= 4 is 34.2 Å². The lowest BCUT2D eigenvalue weighted by Crippen LogP contribution is -2.20. The van der Waals surface area contributed by atoms with Gasteiger partial charge in [0, 0.05) is 10.5 Å². The molecular formula is C26H33IN4O4. The lowest BCUT2D eigenvalue weighted by atomic mass is 9.87. The van der Waals surface area contributed by atoms with E-state index in [9.17, 15) is 4.79 Å². The molecule has 1 unspecified atom stereocenters. The van der Waals surface area contributed by atoms with Crippen molar-refractivity contribution in [1.82, 2.24) is 15.0 Å². The van der Waals surface area contributed by atoms with Crippen LogP contribution < -0.4 is 19.5 Å². The van der Waals surface area contributed by atoms with Gasteiger partial charge in [-0.1, -0.05) is 61.6 Å². The van der Waals surface area contributed by atoms with Gasteiger partial charge in [0.2, 0.25) is 0 Å². The topological polar surface area (TPSA) is 87.5 Å². The van der Waals surface area contributed by atoms with Crippen LogP contribution in [0.3, 0.4) is 0 Å². The lowest BCUT2D eigenvalue weighted by Gasteiger charge is -2.23. The van der Waals surface area contributed by atoms with Gasteiger partial charge in [0.05, 0.1) is 25.6 Å². The van der Waals surface area contributed by atoms with E-state index >= 15 is 0 Å². The van der Waals surface area contributed by atoms with Crippen LogP contribution in [0, 0.1) is 6.92 Å².